The summed E-state index contributed by atoms with van der Waals surface area (Å²) in [6.45, 7) is 6.20. The van der Waals surface area contributed by atoms with Crippen LogP contribution >= 0.6 is 0 Å². The van der Waals surface area contributed by atoms with Crippen LogP contribution < -0.4 is 5.32 Å². The molecule has 1 aliphatic rings. The van der Waals surface area contributed by atoms with Gasteiger partial charge in [0.25, 0.3) is 0 Å². The summed E-state index contributed by atoms with van der Waals surface area (Å²) in [6.07, 6.45) is 0.359. The molecule has 0 radical (unpaired) electrons. The molecule has 0 spiro atoms. The number of nitriles is 1. The second kappa shape index (κ2) is 7.58. The van der Waals surface area contributed by atoms with Crippen molar-refractivity contribution < 1.29 is 9.59 Å². The number of rotatable bonds is 4. The first-order chi connectivity index (χ1) is 11.0. The van der Waals surface area contributed by atoms with Gasteiger partial charge in [0.15, 0.2) is 0 Å². The highest BCUT2D eigenvalue weighted by molar-refractivity contribution is 5.77. The Bertz CT molecular complexity index is 630. The number of amides is 2. The van der Waals surface area contributed by atoms with Crippen molar-refractivity contribution in [1.82, 2.24) is 14.8 Å². The molecule has 0 saturated carbocycles. The molecule has 7 nitrogen and oxygen atoms in total. The molecule has 1 aromatic rings. The Hall–Kier alpha value is -2.62. The predicted octanol–water partition coefficient (Wildman–Crippen LogP) is 0.754. The van der Waals surface area contributed by atoms with Gasteiger partial charge in [-0.25, -0.2) is 4.98 Å². The summed E-state index contributed by atoms with van der Waals surface area (Å²) in [6, 6.07) is 5.67. The normalized spacial score (nSPS) is 14.3. The number of hydrogen-bond acceptors (Lipinski definition) is 5. The van der Waals surface area contributed by atoms with Crippen LogP contribution in [0.25, 0.3) is 0 Å². The van der Waals surface area contributed by atoms with Gasteiger partial charge in [0.1, 0.15) is 17.6 Å². The van der Waals surface area contributed by atoms with Crippen molar-refractivity contribution in [3.8, 4) is 6.07 Å². The Morgan fingerprint density at radius 3 is 2.52 bits per heavy atom. The molecule has 2 heterocycles. The molecule has 2 amide bonds. The Morgan fingerprint density at radius 2 is 1.91 bits per heavy atom. The molecule has 0 unspecified atom stereocenters. The van der Waals surface area contributed by atoms with Gasteiger partial charge in [-0.1, -0.05) is 6.07 Å². The van der Waals surface area contributed by atoms with Crippen LogP contribution in [0.5, 0.6) is 0 Å². The molecule has 1 fully saturated rings. The fourth-order valence-corrected chi connectivity index (χ4v) is 2.47. The van der Waals surface area contributed by atoms with Crippen LogP contribution in [0.2, 0.25) is 0 Å². The molecule has 0 aliphatic carbocycles. The molecule has 0 bridgehead atoms. The standard InChI is InChI=1S/C16H21N5O2/c1-12-3-4-15(19-14(12)11-17)18-6-5-16(23)21-9-7-20(8-10-21)13(2)22/h3-4H,5-10H2,1-2H3,(H,18,19). The molecule has 7 heteroatoms. The summed E-state index contributed by atoms with van der Waals surface area (Å²) in [4.78, 5) is 31.1. The number of piperazine rings is 1. The number of pyridine rings is 1. The van der Waals surface area contributed by atoms with Gasteiger partial charge >= 0.3 is 0 Å². The molecular weight excluding hydrogens is 294 g/mol. The number of anilines is 1. The molecule has 1 aliphatic heterocycles. The topological polar surface area (TPSA) is 89.3 Å². The van der Waals surface area contributed by atoms with E-state index in [0.29, 0.717) is 50.7 Å². The summed E-state index contributed by atoms with van der Waals surface area (Å²) < 4.78 is 0. The van der Waals surface area contributed by atoms with Crippen molar-refractivity contribution in [2.75, 3.05) is 38.0 Å². The highest BCUT2D eigenvalue weighted by Crippen LogP contribution is 2.10. The van der Waals surface area contributed by atoms with Crippen LogP contribution in [-0.4, -0.2) is 59.3 Å². The quantitative estimate of drug-likeness (QED) is 0.886. The summed E-state index contributed by atoms with van der Waals surface area (Å²) in [7, 11) is 0. The first-order valence-corrected chi connectivity index (χ1v) is 7.66. The minimum Gasteiger partial charge on any atom is -0.370 e. The molecular formula is C16H21N5O2. The van der Waals surface area contributed by atoms with E-state index in [-0.39, 0.29) is 11.8 Å². The SMILES string of the molecule is CC(=O)N1CCN(C(=O)CCNc2ccc(C)c(C#N)n2)CC1. The van der Waals surface area contributed by atoms with Crippen LogP contribution in [-0.2, 0) is 9.59 Å². The van der Waals surface area contributed by atoms with E-state index in [0.717, 1.165) is 5.56 Å². The average Bonchev–Trinajstić information content (AvgIpc) is 2.56. The van der Waals surface area contributed by atoms with Crippen molar-refractivity contribution in [1.29, 1.82) is 5.26 Å². The minimum absolute atomic E-state index is 0.0532. The maximum Gasteiger partial charge on any atom is 0.224 e. The lowest BCUT2D eigenvalue weighted by Gasteiger charge is -2.34. The maximum atomic E-state index is 12.2. The second-order valence-electron chi connectivity index (χ2n) is 5.54. The van der Waals surface area contributed by atoms with Crippen LogP contribution in [0.15, 0.2) is 12.1 Å². The minimum atomic E-state index is 0.0532. The largest absolute Gasteiger partial charge is 0.370 e. The van der Waals surface area contributed by atoms with E-state index in [1.807, 2.05) is 19.1 Å². The van der Waals surface area contributed by atoms with Gasteiger partial charge in [0.05, 0.1) is 0 Å². The molecule has 2 rings (SSSR count). The zero-order valence-corrected chi connectivity index (χ0v) is 13.5. The Kier molecular flexibility index (Phi) is 5.52. The van der Waals surface area contributed by atoms with E-state index in [1.54, 1.807) is 22.8 Å². The Morgan fingerprint density at radius 1 is 1.26 bits per heavy atom. The molecule has 0 aromatic carbocycles. The number of nitrogens with zero attached hydrogens (tertiary/aromatic N) is 4. The van der Waals surface area contributed by atoms with Gasteiger partial charge in [-0.15, -0.1) is 0 Å². The van der Waals surface area contributed by atoms with E-state index in [1.165, 1.54) is 0 Å². The monoisotopic (exact) mass is 315 g/mol. The summed E-state index contributed by atoms with van der Waals surface area (Å²) in [5, 5.41) is 12.0. The Labute approximate surface area is 135 Å². The molecule has 23 heavy (non-hydrogen) atoms. The Balaban J connectivity index is 1.77. The van der Waals surface area contributed by atoms with Crippen molar-refractivity contribution in [2.45, 2.75) is 20.3 Å². The van der Waals surface area contributed by atoms with Crippen LogP contribution in [0, 0.1) is 18.3 Å². The fourth-order valence-electron chi connectivity index (χ4n) is 2.47. The van der Waals surface area contributed by atoms with E-state index in [9.17, 15) is 9.59 Å². The summed E-state index contributed by atoms with van der Waals surface area (Å²) in [5.74, 6) is 0.715. The third kappa shape index (κ3) is 4.42. The van der Waals surface area contributed by atoms with Gasteiger partial charge in [-0.2, -0.15) is 5.26 Å². The maximum absolute atomic E-state index is 12.2. The van der Waals surface area contributed by atoms with Crippen molar-refractivity contribution in [3.05, 3.63) is 23.4 Å². The highest BCUT2D eigenvalue weighted by atomic mass is 16.2. The predicted molar refractivity (Wildman–Crippen MR) is 85.6 cm³/mol. The lowest BCUT2D eigenvalue weighted by atomic mass is 10.2. The average molecular weight is 315 g/mol. The van der Waals surface area contributed by atoms with E-state index >= 15 is 0 Å². The molecule has 1 N–H and O–H groups in total. The first-order valence-electron chi connectivity index (χ1n) is 7.66. The van der Waals surface area contributed by atoms with Crippen LogP contribution in [0.1, 0.15) is 24.6 Å². The number of carbonyl (C=O) groups excluding carboxylic acids is 2. The second-order valence-corrected chi connectivity index (χ2v) is 5.54. The van der Waals surface area contributed by atoms with Gasteiger partial charge < -0.3 is 15.1 Å². The van der Waals surface area contributed by atoms with E-state index in [4.69, 9.17) is 5.26 Å². The zero-order chi connectivity index (χ0) is 16.8. The number of hydrogen-bond donors (Lipinski definition) is 1. The number of aryl methyl sites for hydroxylation is 1. The van der Waals surface area contributed by atoms with Gasteiger partial charge in [0, 0.05) is 46.1 Å². The number of aromatic nitrogens is 1. The van der Waals surface area contributed by atoms with Crippen molar-refractivity contribution >= 4 is 17.6 Å². The smallest absolute Gasteiger partial charge is 0.224 e. The molecule has 1 aromatic heterocycles. The summed E-state index contributed by atoms with van der Waals surface area (Å²) >= 11 is 0. The number of nitrogens with one attached hydrogen (secondary N) is 1. The van der Waals surface area contributed by atoms with Crippen LogP contribution in [0.4, 0.5) is 5.82 Å². The number of carbonyl (C=O) groups is 2. The van der Waals surface area contributed by atoms with Crippen LogP contribution in [0.3, 0.4) is 0 Å². The van der Waals surface area contributed by atoms with E-state index < -0.39 is 0 Å². The van der Waals surface area contributed by atoms with Crippen molar-refractivity contribution in [3.63, 3.8) is 0 Å². The lowest BCUT2D eigenvalue weighted by Crippen LogP contribution is -2.50. The highest BCUT2D eigenvalue weighted by Gasteiger charge is 2.21. The third-order valence-electron chi connectivity index (χ3n) is 3.93. The van der Waals surface area contributed by atoms with Gasteiger partial charge in [0.2, 0.25) is 11.8 Å². The first kappa shape index (κ1) is 16.7. The summed E-state index contributed by atoms with van der Waals surface area (Å²) in [5.41, 5.74) is 1.22. The molecule has 0 atom stereocenters. The fraction of sp³-hybridized carbons (Fsp3) is 0.500. The molecule has 122 valence electrons. The van der Waals surface area contributed by atoms with E-state index in [2.05, 4.69) is 10.3 Å². The van der Waals surface area contributed by atoms with Gasteiger partial charge in [-0.3, -0.25) is 9.59 Å². The lowest BCUT2D eigenvalue weighted by molar-refractivity contribution is -0.138. The van der Waals surface area contributed by atoms with Crippen molar-refractivity contribution in [2.24, 2.45) is 0 Å². The molecule has 1 saturated heterocycles. The third-order valence-corrected chi connectivity index (χ3v) is 3.93. The zero-order valence-electron chi connectivity index (χ0n) is 13.5. The van der Waals surface area contributed by atoms with Gasteiger partial charge in [-0.05, 0) is 18.6 Å².